The second-order valence-corrected chi connectivity index (χ2v) is 6.19. The molecule has 0 spiro atoms. The maximum atomic E-state index is 4.53. The van der Waals surface area contributed by atoms with Crippen LogP contribution in [0.5, 0.6) is 0 Å². The molecule has 94 valence electrons. The summed E-state index contributed by atoms with van der Waals surface area (Å²) in [6.45, 7) is 6.56. The number of rotatable bonds is 1. The first-order chi connectivity index (χ1) is 8.55. The van der Waals surface area contributed by atoms with Crippen LogP contribution in [-0.4, -0.2) is 9.97 Å². The van der Waals surface area contributed by atoms with Gasteiger partial charge in [-0.05, 0) is 30.4 Å². The second kappa shape index (κ2) is 3.98. The molecule has 0 saturated carbocycles. The lowest BCUT2D eigenvalue weighted by Crippen LogP contribution is -2.13. The molecule has 3 rings (SSSR count). The van der Waals surface area contributed by atoms with Gasteiger partial charge in [0, 0.05) is 11.0 Å². The predicted molar refractivity (Wildman–Crippen MR) is 74.7 cm³/mol. The van der Waals surface area contributed by atoms with Gasteiger partial charge in [0.2, 0.25) is 0 Å². The van der Waals surface area contributed by atoms with Gasteiger partial charge in [0.1, 0.15) is 5.82 Å². The smallest absolute Gasteiger partial charge is 0.111 e. The van der Waals surface area contributed by atoms with Crippen molar-refractivity contribution < 1.29 is 0 Å². The van der Waals surface area contributed by atoms with E-state index >= 15 is 0 Å². The highest BCUT2D eigenvalue weighted by Gasteiger charge is 2.20. The van der Waals surface area contributed by atoms with Crippen molar-refractivity contribution in [3.63, 3.8) is 0 Å². The van der Waals surface area contributed by atoms with Crippen molar-refractivity contribution in [3.05, 3.63) is 41.3 Å². The highest BCUT2D eigenvalue weighted by Crippen LogP contribution is 2.32. The predicted octanol–water partition coefficient (Wildman–Crippen LogP) is 3.86. The van der Waals surface area contributed by atoms with E-state index in [-0.39, 0.29) is 5.41 Å². The summed E-state index contributed by atoms with van der Waals surface area (Å²) in [5.41, 5.74) is 5.61. The quantitative estimate of drug-likeness (QED) is 0.805. The highest BCUT2D eigenvalue weighted by atomic mass is 14.9. The average molecular weight is 240 g/mol. The van der Waals surface area contributed by atoms with Gasteiger partial charge in [0.25, 0.3) is 0 Å². The molecule has 0 radical (unpaired) electrons. The largest absolute Gasteiger partial charge is 0.342 e. The summed E-state index contributed by atoms with van der Waals surface area (Å²) in [5.74, 6) is 1.06. The molecule has 1 N–H and O–H groups in total. The van der Waals surface area contributed by atoms with Crippen molar-refractivity contribution >= 4 is 0 Å². The molecule has 0 atom stereocenters. The zero-order valence-electron chi connectivity index (χ0n) is 11.4. The molecule has 1 aromatic carbocycles. The lowest BCUT2D eigenvalue weighted by molar-refractivity contribution is 0.553. The third-order valence-electron chi connectivity index (χ3n) is 3.72. The van der Waals surface area contributed by atoms with Crippen LogP contribution in [0.4, 0.5) is 0 Å². The highest BCUT2D eigenvalue weighted by molar-refractivity contribution is 5.66. The first-order valence-corrected chi connectivity index (χ1v) is 6.72. The molecule has 0 aliphatic heterocycles. The van der Waals surface area contributed by atoms with Crippen LogP contribution in [0.2, 0.25) is 0 Å². The fourth-order valence-corrected chi connectivity index (χ4v) is 2.71. The van der Waals surface area contributed by atoms with Crippen LogP contribution >= 0.6 is 0 Å². The fourth-order valence-electron chi connectivity index (χ4n) is 2.71. The number of benzene rings is 1. The summed E-state index contributed by atoms with van der Waals surface area (Å²) in [4.78, 5) is 8.02. The van der Waals surface area contributed by atoms with E-state index in [0.29, 0.717) is 0 Å². The van der Waals surface area contributed by atoms with E-state index in [1.807, 2.05) is 6.20 Å². The molecule has 0 bridgehead atoms. The Morgan fingerprint density at radius 2 is 2.00 bits per heavy atom. The standard InChI is InChI=1S/C16H20N2/c1-16(2,3)15-17-10-14(18-15)13-9-5-7-11-6-4-8-12(11)13/h5,7,9-10H,4,6,8H2,1-3H3,(H,17,18). The first-order valence-electron chi connectivity index (χ1n) is 6.72. The molecule has 2 heteroatoms. The number of nitrogens with one attached hydrogen (secondary N) is 1. The van der Waals surface area contributed by atoms with Gasteiger partial charge in [-0.1, -0.05) is 39.0 Å². The first kappa shape index (κ1) is 11.5. The molecule has 0 saturated heterocycles. The molecule has 1 aromatic heterocycles. The molecular weight excluding hydrogens is 220 g/mol. The summed E-state index contributed by atoms with van der Waals surface area (Å²) < 4.78 is 0. The maximum Gasteiger partial charge on any atom is 0.111 e. The number of fused-ring (bicyclic) bond motifs is 1. The molecule has 0 fully saturated rings. The van der Waals surface area contributed by atoms with Gasteiger partial charge < -0.3 is 4.98 Å². The Morgan fingerprint density at radius 3 is 2.72 bits per heavy atom. The number of hydrogen-bond acceptors (Lipinski definition) is 1. The number of aryl methyl sites for hydroxylation is 1. The van der Waals surface area contributed by atoms with E-state index in [2.05, 4.69) is 48.9 Å². The van der Waals surface area contributed by atoms with E-state index < -0.39 is 0 Å². The number of nitrogens with zero attached hydrogens (tertiary/aromatic N) is 1. The van der Waals surface area contributed by atoms with Crippen molar-refractivity contribution in [2.45, 2.75) is 45.4 Å². The molecule has 1 aliphatic rings. The molecule has 0 unspecified atom stereocenters. The van der Waals surface area contributed by atoms with Gasteiger partial charge in [0.05, 0.1) is 11.9 Å². The zero-order chi connectivity index (χ0) is 12.8. The fraction of sp³-hybridized carbons (Fsp3) is 0.438. The SMILES string of the molecule is CC(C)(C)c1ncc(-c2cccc3c2CCC3)[nH]1. The van der Waals surface area contributed by atoms with Crippen molar-refractivity contribution in [2.75, 3.05) is 0 Å². The molecule has 1 heterocycles. The van der Waals surface area contributed by atoms with Gasteiger partial charge >= 0.3 is 0 Å². The molecular formula is C16H20N2. The van der Waals surface area contributed by atoms with Crippen LogP contribution in [0.15, 0.2) is 24.4 Å². The Bertz CT molecular complexity index is 573. The number of aromatic amines is 1. The van der Waals surface area contributed by atoms with Crippen molar-refractivity contribution in [1.82, 2.24) is 9.97 Å². The Morgan fingerprint density at radius 1 is 1.17 bits per heavy atom. The van der Waals surface area contributed by atoms with Gasteiger partial charge in [-0.25, -0.2) is 4.98 Å². The molecule has 18 heavy (non-hydrogen) atoms. The van der Waals surface area contributed by atoms with E-state index in [4.69, 9.17) is 0 Å². The summed E-state index contributed by atoms with van der Waals surface area (Å²) >= 11 is 0. The Kier molecular flexibility index (Phi) is 2.54. The van der Waals surface area contributed by atoms with E-state index in [1.54, 1.807) is 0 Å². The van der Waals surface area contributed by atoms with Crippen LogP contribution < -0.4 is 0 Å². The number of aromatic nitrogens is 2. The minimum absolute atomic E-state index is 0.0796. The zero-order valence-corrected chi connectivity index (χ0v) is 11.4. The third kappa shape index (κ3) is 1.86. The molecule has 0 amide bonds. The molecule has 1 aliphatic carbocycles. The average Bonchev–Trinajstić information content (AvgIpc) is 2.96. The van der Waals surface area contributed by atoms with E-state index in [1.165, 1.54) is 41.6 Å². The van der Waals surface area contributed by atoms with Crippen LogP contribution in [0.3, 0.4) is 0 Å². The van der Waals surface area contributed by atoms with E-state index in [9.17, 15) is 0 Å². The monoisotopic (exact) mass is 240 g/mol. The molecule has 2 nitrogen and oxygen atoms in total. The van der Waals surface area contributed by atoms with Crippen molar-refractivity contribution in [2.24, 2.45) is 0 Å². The van der Waals surface area contributed by atoms with Crippen LogP contribution in [-0.2, 0) is 18.3 Å². The van der Waals surface area contributed by atoms with Crippen LogP contribution in [0, 0.1) is 0 Å². The van der Waals surface area contributed by atoms with Crippen LogP contribution in [0.1, 0.15) is 44.1 Å². The lowest BCUT2D eigenvalue weighted by Gasteiger charge is -2.14. The minimum atomic E-state index is 0.0796. The Balaban J connectivity index is 2.06. The van der Waals surface area contributed by atoms with Gasteiger partial charge in [-0.2, -0.15) is 0 Å². The summed E-state index contributed by atoms with van der Waals surface area (Å²) in [6, 6.07) is 6.63. The summed E-state index contributed by atoms with van der Waals surface area (Å²) in [6.07, 6.45) is 5.69. The number of imidazole rings is 1. The minimum Gasteiger partial charge on any atom is -0.342 e. The summed E-state index contributed by atoms with van der Waals surface area (Å²) in [7, 11) is 0. The summed E-state index contributed by atoms with van der Waals surface area (Å²) in [5, 5.41) is 0. The van der Waals surface area contributed by atoms with Crippen molar-refractivity contribution in [1.29, 1.82) is 0 Å². The second-order valence-electron chi connectivity index (χ2n) is 6.19. The topological polar surface area (TPSA) is 28.7 Å². The van der Waals surface area contributed by atoms with E-state index in [0.717, 1.165) is 5.82 Å². The third-order valence-corrected chi connectivity index (χ3v) is 3.72. The van der Waals surface area contributed by atoms with Gasteiger partial charge in [-0.15, -0.1) is 0 Å². The van der Waals surface area contributed by atoms with Gasteiger partial charge in [0.15, 0.2) is 0 Å². The normalized spacial score (nSPS) is 14.8. The number of hydrogen-bond donors (Lipinski definition) is 1. The number of H-pyrrole nitrogens is 1. The Labute approximate surface area is 108 Å². The van der Waals surface area contributed by atoms with Gasteiger partial charge in [-0.3, -0.25) is 0 Å². The Hall–Kier alpha value is -1.57. The lowest BCUT2D eigenvalue weighted by atomic mass is 9.96. The van der Waals surface area contributed by atoms with Crippen LogP contribution in [0.25, 0.3) is 11.3 Å². The van der Waals surface area contributed by atoms with Crippen molar-refractivity contribution in [3.8, 4) is 11.3 Å². The molecule has 2 aromatic rings. The maximum absolute atomic E-state index is 4.53.